The number of amides is 1. The number of hydrogen-bond donors (Lipinski definition) is 2. The van der Waals surface area contributed by atoms with E-state index in [-0.39, 0.29) is 11.9 Å². The van der Waals surface area contributed by atoms with Gasteiger partial charge in [-0.05, 0) is 31.4 Å². The van der Waals surface area contributed by atoms with Crippen molar-refractivity contribution < 1.29 is 4.79 Å². The van der Waals surface area contributed by atoms with Crippen LogP contribution in [-0.2, 0) is 0 Å². The molecular formula is C12H19N3O. The summed E-state index contributed by atoms with van der Waals surface area (Å²) in [4.78, 5) is 11.9. The van der Waals surface area contributed by atoms with Crippen LogP contribution in [0.5, 0.6) is 0 Å². The Morgan fingerprint density at radius 2 is 2.44 bits per heavy atom. The van der Waals surface area contributed by atoms with E-state index in [1.54, 1.807) is 0 Å². The van der Waals surface area contributed by atoms with Crippen molar-refractivity contribution in [1.29, 1.82) is 0 Å². The highest BCUT2D eigenvalue weighted by atomic mass is 16.1. The predicted octanol–water partition coefficient (Wildman–Crippen LogP) is 1.29. The molecule has 0 bridgehead atoms. The fraction of sp³-hybridized carbons (Fsp3) is 0.583. The van der Waals surface area contributed by atoms with Crippen LogP contribution in [0.1, 0.15) is 42.7 Å². The molecule has 1 saturated carbocycles. The second kappa shape index (κ2) is 4.70. The third kappa shape index (κ3) is 2.44. The number of aromatic nitrogens is 1. The molecular weight excluding hydrogens is 202 g/mol. The molecule has 1 atom stereocenters. The van der Waals surface area contributed by atoms with E-state index in [0.717, 1.165) is 12.1 Å². The topological polar surface area (TPSA) is 60.0 Å². The van der Waals surface area contributed by atoms with Crippen LogP contribution in [0.25, 0.3) is 0 Å². The van der Waals surface area contributed by atoms with E-state index >= 15 is 0 Å². The third-order valence-electron chi connectivity index (χ3n) is 3.00. The fourth-order valence-electron chi connectivity index (χ4n) is 1.72. The van der Waals surface area contributed by atoms with Crippen molar-refractivity contribution in [2.75, 3.05) is 6.54 Å². The van der Waals surface area contributed by atoms with Gasteiger partial charge in [-0.25, -0.2) is 0 Å². The zero-order chi connectivity index (χ0) is 11.5. The fourth-order valence-corrected chi connectivity index (χ4v) is 1.72. The largest absolute Gasteiger partial charge is 0.349 e. The van der Waals surface area contributed by atoms with E-state index < -0.39 is 0 Å². The number of nitrogens with zero attached hydrogens (tertiary/aromatic N) is 1. The molecule has 4 nitrogen and oxygen atoms in total. The molecule has 0 saturated heterocycles. The molecule has 16 heavy (non-hydrogen) atoms. The summed E-state index contributed by atoms with van der Waals surface area (Å²) in [5.74, 6) is -0.0131. The predicted molar refractivity (Wildman–Crippen MR) is 63.3 cm³/mol. The maximum Gasteiger partial charge on any atom is 0.267 e. The molecule has 0 radical (unpaired) electrons. The van der Waals surface area contributed by atoms with Crippen LogP contribution in [0, 0.1) is 0 Å². The lowest BCUT2D eigenvalue weighted by atomic mass is 10.2. The molecule has 0 aliphatic heterocycles. The summed E-state index contributed by atoms with van der Waals surface area (Å²) in [6, 6.07) is 4.38. The summed E-state index contributed by atoms with van der Waals surface area (Å²) in [6.45, 7) is 2.56. The van der Waals surface area contributed by atoms with E-state index in [1.807, 2.05) is 25.3 Å². The molecule has 1 unspecified atom stereocenters. The molecule has 1 aromatic rings. The van der Waals surface area contributed by atoms with Crippen LogP contribution in [0.4, 0.5) is 0 Å². The maximum atomic E-state index is 11.9. The van der Waals surface area contributed by atoms with Gasteiger partial charge < -0.3 is 15.6 Å². The highest BCUT2D eigenvalue weighted by molar-refractivity contribution is 5.92. The van der Waals surface area contributed by atoms with Gasteiger partial charge in [0.15, 0.2) is 0 Å². The monoisotopic (exact) mass is 221 g/mol. The Hall–Kier alpha value is -1.29. The van der Waals surface area contributed by atoms with Crippen molar-refractivity contribution in [1.82, 2.24) is 9.88 Å². The Kier molecular flexibility index (Phi) is 3.29. The molecule has 1 aliphatic rings. The standard InChI is InChI=1S/C12H19N3O/c1-2-9(13)8-14-12(16)11-4-3-7-15(11)10-5-6-10/h3-4,7,9-10H,2,5-6,8,13H2,1H3,(H,14,16). The highest BCUT2D eigenvalue weighted by Gasteiger charge is 2.26. The van der Waals surface area contributed by atoms with Gasteiger partial charge in [0, 0.05) is 24.8 Å². The minimum absolute atomic E-state index is 0.0131. The molecule has 1 aromatic heterocycles. The SMILES string of the molecule is CCC(N)CNC(=O)c1cccn1C1CC1. The molecule has 0 spiro atoms. The Bertz CT molecular complexity index is 368. The van der Waals surface area contributed by atoms with Crippen molar-refractivity contribution in [3.05, 3.63) is 24.0 Å². The molecule has 4 heteroatoms. The van der Waals surface area contributed by atoms with Gasteiger partial charge in [0.25, 0.3) is 5.91 Å². The van der Waals surface area contributed by atoms with Gasteiger partial charge in [-0.2, -0.15) is 0 Å². The zero-order valence-corrected chi connectivity index (χ0v) is 9.65. The van der Waals surface area contributed by atoms with Crippen LogP contribution < -0.4 is 11.1 Å². The van der Waals surface area contributed by atoms with Crippen molar-refractivity contribution >= 4 is 5.91 Å². The Labute approximate surface area is 95.8 Å². The van der Waals surface area contributed by atoms with Crippen molar-refractivity contribution in [3.8, 4) is 0 Å². The van der Waals surface area contributed by atoms with Gasteiger partial charge in [-0.1, -0.05) is 6.92 Å². The highest BCUT2D eigenvalue weighted by Crippen LogP contribution is 2.35. The van der Waals surface area contributed by atoms with E-state index in [4.69, 9.17) is 5.73 Å². The molecule has 1 heterocycles. The summed E-state index contributed by atoms with van der Waals surface area (Å²) in [5.41, 5.74) is 6.52. The van der Waals surface area contributed by atoms with Gasteiger partial charge in [0.2, 0.25) is 0 Å². The minimum Gasteiger partial charge on any atom is -0.349 e. The molecule has 3 N–H and O–H groups in total. The molecule has 1 aliphatic carbocycles. The van der Waals surface area contributed by atoms with E-state index in [2.05, 4.69) is 9.88 Å². The third-order valence-corrected chi connectivity index (χ3v) is 3.00. The van der Waals surface area contributed by atoms with Crippen molar-refractivity contribution in [2.45, 2.75) is 38.3 Å². The van der Waals surface area contributed by atoms with E-state index in [9.17, 15) is 4.79 Å². The van der Waals surface area contributed by atoms with Gasteiger partial charge in [0.1, 0.15) is 5.69 Å². The Morgan fingerprint density at radius 3 is 3.06 bits per heavy atom. The zero-order valence-electron chi connectivity index (χ0n) is 9.65. The second-order valence-electron chi connectivity index (χ2n) is 4.41. The van der Waals surface area contributed by atoms with Crippen LogP contribution >= 0.6 is 0 Å². The number of carbonyl (C=O) groups excluding carboxylic acids is 1. The van der Waals surface area contributed by atoms with Crippen molar-refractivity contribution in [2.24, 2.45) is 5.73 Å². The van der Waals surface area contributed by atoms with Gasteiger partial charge >= 0.3 is 0 Å². The van der Waals surface area contributed by atoms with E-state index in [0.29, 0.717) is 12.6 Å². The Morgan fingerprint density at radius 1 is 1.69 bits per heavy atom. The summed E-state index contributed by atoms with van der Waals surface area (Å²) in [5, 5.41) is 2.87. The van der Waals surface area contributed by atoms with Crippen LogP contribution in [-0.4, -0.2) is 23.1 Å². The second-order valence-corrected chi connectivity index (χ2v) is 4.41. The first-order chi connectivity index (χ1) is 7.72. The molecule has 0 aromatic carbocycles. The maximum absolute atomic E-state index is 11.9. The Balaban J connectivity index is 1.95. The number of carbonyl (C=O) groups is 1. The molecule has 1 amide bonds. The van der Waals surface area contributed by atoms with Gasteiger partial charge in [0.05, 0.1) is 0 Å². The molecule has 2 rings (SSSR count). The minimum atomic E-state index is -0.0131. The lowest BCUT2D eigenvalue weighted by molar-refractivity contribution is 0.0941. The first-order valence-electron chi connectivity index (χ1n) is 5.93. The summed E-state index contributed by atoms with van der Waals surface area (Å²) < 4.78 is 2.06. The lowest BCUT2D eigenvalue weighted by Crippen LogP contribution is -2.37. The van der Waals surface area contributed by atoms with Gasteiger partial charge in [-0.3, -0.25) is 4.79 Å². The van der Waals surface area contributed by atoms with Crippen LogP contribution in [0.3, 0.4) is 0 Å². The van der Waals surface area contributed by atoms with Crippen molar-refractivity contribution in [3.63, 3.8) is 0 Å². The number of nitrogens with one attached hydrogen (secondary N) is 1. The smallest absolute Gasteiger partial charge is 0.267 e. The van der Waals surface area contributed by atoms with Crippen LogP contribution in [0.15, 0.2) is 18.3 Å². The molecule has 88 valence electrons. The van der Waals surface area contributed by atoms with E-state index in [1.165, 1.54) is 12.8 Å². The first-order valence-corrected chi connectivity index (χ1v) is 5.93. The summed E-state index contributed by atoms with van der Waals surface area (Å²) >= 11 is 0. The average molecular weight is 221 g/mol. The quantitative estimate of drug-likeness (QED) is 0.787. The number of nitrogens with two attached hydrogens (primary N) is 1. The molecule has 1 fully saturated rings. The average Bonchev–Trinajstić information content (AvgIpc) is 3.03. The lowest BCUT2D eigenvalue weighted by Gasteiger charge is -2.11. The van der Waals surface area contributed by atoms with Crippen LogP contribution in [0.2, 0.25) is 0 Å². The first kappa shape index (κ1) is 11.2. The van der Waals surface area contributed by atoms with Gasteiger partial charge in [-0.15, -0.1) is 0 Å². The number of rotatable bonds is 5. The normalized spacial score (nSPS) is 17.1. The summed E-state index contributed by atoms with van der Waals surface area (Å²) in [7, 11) is 0. The summed E-state index contributed by atoms with van der Waals surface area (Å²) in [6.07, 6.45) is 5.23. The number of hydrogen-bond acceptors (Lipinski definition) is 2.